The summed E-state index contributed by atoms with van der Waals surface area (Å²) in [5.74, 6) is 0. The number of para-hydroxylation sites is 1. The number of pyridine rings is 2. The molecular weight excluding hydrogens is 807 g/mol. The van der Waals surface area contributed by atoms with E-state index in [1.54, 1.807) is 6.20 Å². The summed E-state index contributed by atoms with van der Waals surface area (Å²) in [5, 5.41) is 7.94. The Morgan fingerprint density at radius 1 is 0.640 bits per heavy atom. The van der Waals surface area contributed by atoms with E-state index in [1.807, 2.05) is 60.0 Å². The van der Waals surface area contributed by atoms with Crippen LogP contribution in [0.3, 0.4) is 0 Å². The summed E-state index contributed by atoms with van der Waals surface area (Å²) < 4.78 is 5.15. The van der Waals surface area contributed by atoms with Gasteiger partial charge in [0.25, 0.3) is 0 Å². The molecular formula is C45H33IrN3S-2. The summed E-state index contributed by atoms with van der Waals surface area (Å²) in [6.07, 6.45) is 4.75. The van der Waals surface area contributed by atoms with Crippen molar-refractivity contribution in [2.75, 3.05) is 0 Å². The monoisotopic (exact) mass is 840 g/mol. The number of benzene rings is 5. The third-order valence-electron chi connectivity index (χ3n) is 9.22. The molecule has 5 aromatic carbocycles. The number of nitrogens with zero attached hydrogens (tertiary/aromatic N) is 3. The molecule has 0 spiro atoms. The Morgan fingerprint density at radius 2 is 1.42 bits per heavy atom. The maximum absolute atomic E-state index is 4.76. The second-order valence-corrected chi connectivity index (χ2v) is 15.0. The molecule has 0 atom stereocenters. The molecule has 0 unspecified atom stereocenters. The molecule has 0 amide bonds. The fourth-order valence-corrected chi connectivity index (χ4v) is 8.48. The summed E-state index contributed by atoms with van der Waals surface area (Å²) in [6.45, 7) is 6.85. The van der Waals surface area contributed by atoms with Crippen LogP contribution in [0.2, 0.25) is 0 Å². The molecule has 0 saturated carbocycles. The van der Waals surface area contributed by atoms with Crippen molar-refractivity contribution in [2.24, 2.45) is 5.41 Å². The van der Waals surface area contributed by atoms with Gasteiger partial charge in [0.2, 0.25) is 0 Å². The van der Waals surface area contributed by atoms with Gasteiger partial charge in [0.05, 0.1) is 5.52 Å². The average Bonchev–Trinajstić information content (AvgIpc) is 3.78. The van der Waals surface area contributed by atoms with Crippen molar-refractivity contribution >= 4 is 69.6 Å². The van der Waals surface area contributed by atoms with E-state index in [0.29, 0.717) is 0 Å². The van der Waals surface area contributed by atoms with E-state index < -0.39 is 0 Å². The average molecular weight is 840 g/mol. The van der Waals surface area contributed by atoms with Crippen molar-refractivity contribution in [3.63, 3.8) is 0 Å². The standard InChI is InChI=1S/C34H25N2S.C11H8N.Ir/c1-34(2,3)19-20-14-15-35-27(16-20)21-12-13-29-26(17-21)31-32-24(22-8-4-6-10-28(22)36(29)32)18-25-23-9-5-7-11-30(23)37-33(25)31;1-2-6-10(7-3-1)11-8-4-5-9-12-11;/h4-11,13-18H,19H2,1-3H3;1-6,8-9H;/q2*-1;. The van der Waals surface area contributed by atoms with Gasteiger partial charge in [0.1, 0.15) is 0 Å². The molecule has 50 heavy (non-hydrogen) atoms. The van der Waals surface area contributed by atoms with Gasteiger partial charge in [0, 0.05) is 74.3 Å². The van der Waals surface area contributed by atoms with Crippen molar-refractivity contribution in [3.8, 4) is 22.5 Å². The van der Waals surface area contributed by atoms with E-state index in [2.05, 4.69) is 121 Å². The molecule has 10 rings (SSSR count). The molecule has 0 fully saturated rings. The van der Waals surface area contributed by atoms with Gasteiger partial charge in [0.15, 0.2) is 0 Å². The van der Waals surface area contributed by atoms with Crippen molar-refractivity contribution in [1.82, 2.24) is 14.4 Å². The molecule has 3 nitrogen and oxygen atoms in total. The third-order valence-corrected chi connectivity index (χ3v) is 10.4. The van der Waals surface area contributed by atoms with E-state index in [-0.39, 0.29) is 25.5 Å². The van der Waals surface area contributed by atoms with Crippen LogP contribution >= 0.6 is 11.3 Å². The predicted molar refractivity (Wildman–Crippen MR) is 208 cm³/mol. The van der Waals surface area contributed by atoms with Crippen LogP contribution < -0.4 is 0 Å². The number of rotatable bonds is 3. The molecule has 245 valence electrons. The Labute approximate surface area is 308 Å². The maximum Gasteiger partial charge on any atom is 0.0531 e. The van der Waals surface area contributed by atoms with Crippen LogP contribution in [0.1, 0.15) is 26.3 Å². The maximum atomic E-state index is 4.76. The zero-order valence-electron chi connectivity index (χ0n) is 28.0. The first-order valence-corrected chi connectivity index (χ1v) is 17.5. The molecule has 0 aliphatic rings. The first-order valence-electron chi connectivity index (χ1n) is 16.7. The van der Waals surface area contributed by atoms with E-state index in [9.17, 15) is 0 Å². The zero-order chi connectivity index (χ0) is 33.1. The smallest absolute Gasteiger partial charge is 0.0531 e. The fraction of sp³-hybridized carbons (Fsp3) is 0.111. The topological polar surface area (TPSA) is 30.2 Å². The van der Waals surface area contributed by atoms with Crippen molar-refractivity contribution in [3.05, 3.63) is 151 Å². The van der Waals surface area contributed by atoms with Crippen LogP contribution in [-0.4, -0.2) is 14.4 Å². The minimum atomic E-state index is 0. The number of hydrogen-bond acceptors (Lipinski definition) is 3. The predicted octanol–water partition coefficient (Wildman–Crippen LogP) is 12.2. The minimum Gasteiger partial charge on any atom is -0.350 e. The molecule has 5 heterocycles. The largest absolute Gasteiger partial charge is 0.350 e. The second-order valence-electron chi connectivity index (χ2n) is 13.9. The van der Waals surface area contributed by atoms with Crippen LogP contribution in [0.4, 0.5) is 0 Å². The normalized spacial score (nSPS) is 11.8. The van der Waals surface area contributed by atoms with Gasteiger partial charge in [-0.1, -0.05) is 86.3 Å². The van der Waals surface area contributed by atoms with Crippen LogP contribution in [0.5, 0.6) is 0 Å². The van der Waals surface area contributed by atoms with Gasteiger partial charge in [-0.25, -0.2) is 0 Å². The van der Waals surface area contributed by atoms with Crippen LogP contribution in [0.25, 0.3) is 80.8 Å². The Hall–Kier alpha value is -4.93. The molecule has 1 radical (unpaired) electrons. The number of fused-ring (bicyclic) bond motifs is 10. The van der Waals surface area contributed by atoms with Crippen molar-refractivity contribution in [1.29, 1.82) is 0 Å². The van der Waals surface area contributed by atoms with Gasteiger partial charge in [-0.2, -0.15) is 0 Å². The van der Waals surface area contributed by atoms with E-state index in [1.165, 1.54) is 63.8 Å². The molecule has 5 aromatic heterocycles. The first-order chi connectivity index (χ1) is 23.9. The Bertz CT molecular complexity index is 2740. The van der Waals surface area contributed by atoms with E-state index in [0.717, 1.165) is 28.9 Å². The Balaban J connectivity index is 0.000000236. The fourth-order valence-electron chi connectivity index (χ4n) is 7.24. The van der Waals surface area contributed by atoms with Gasteiger partial charge >= 0.3 is 0 Å². The summed E-state index contributed by atoms with van der Waals surface area (Å²) in [6, 6.07) is 49.3. The van der Waals surface area contributed by atoms with Crippen LogP contribution in [0, 0.1) is 17.5 Å². The molecule has 0 aliphatic carbocycles. The molecule has 0 aliphatic heterocycles. The molecule has 10 aromatic rings. The van der Waals surface area contributed by atoms with Crippen molar-refractivity contribution < 1.29 is 20.1 Å². The summed E-state index contributed by atoms with van der Waals surface area (Å²) in [4.78, 5) is 8.98. The number of aromatic nitrogens is 3. The van der Waals surface area contributed by atoms with Gasteiger partial charge in [-0.05, 0) is 59.1 Å². The molecule has 0 N–H and O–H groups in total. The summed E-state index contributed by atoms with van der Waals surface area (Å²) in [5.41, 5.74) is 9.38. The Kier molecular flexibility index (Phi) is 8.23. The zero-order valence-corrected chi connectivity index (χ0v) is 31.2. The third kappa shape index (κ3) is 5.56. The van der Waals surface area contributed by atoms with Crippen LogP contribution in [0.15, 0.2) is 134 Å². The molecule has 5 heteroatoms. The quantitative estimate of drug-likeness (QED) is 0.166. The summed E-state index contributed by atoms with van der Waals surface area (Å²) in [7, 11) is 0. The summed E-state index contributed by atoms with van der Waals surface area (Å²) >= 11 is 1.91. The molecule has 0 saturated heterocycles. The Morgan fingerprint density at radius 3 is 2.22 bits per heavy atom. The van der Waals surface area contributed by atoms with Crippen LogP contribution in [-0.2, 0) is 26.5 Å². The van der Waals surface area contributed by atoms with Crippen molar-refractivity contribution in [2.45, 2.75) is 27.2 Å². The van der Waals surface area contributed by atoms with E-state index in [4.69, 9.17) is 4.98 Å². The van der Waals surface area contributed by atoms with E-state index >= 15 is 0 Å². The molecule has 0 bridgehead atoms. The number of thiophene rings is 1. The minimum absolute atomic E-state index is 0. The SMILES string of the molecule is CC(C)(C)Cc1ccnc(-c2[c-]cc3c(c2)c2c4sc5ccccc5c4cc4c5ccccc5n3c42)c1.[Ir].[c-]1ccccc1-c1ccccn1. The second kappa shape index (κ2) is 12.8. The van der Waals surface area contributed by atoms with Gasteiger partial charge < -0.3 is 14.4 Å². The number of hydrogen-bond donors (Lipinski definition) is 0. The first kappa shape index (κ1) is 32.3. The van der Waals surface area contributed by atoms with Gasteiger partial charge in [-0.15, -0.1) is 71.0 Å². The van der Waals surface area contributed by atoms with Gasteiger partial charge in [-0.3, -0.25) is 0 Å².